The van der Waals surface area contributed by atoms with Gasteiger partial charge in [0.05, 0.1) is 17.2 Å². The zero-order valence-electron chi connectivity index (χ0n) is 15.9. The minimum absolute atomic E-state index is 0.292. The van der Waals surface area contributed by atoms with Crippen molar-refractivity contribution in [3.63, 3.8) is 0 Å². The van der Waals surface area contributed by atoms with Crippen molar-refractivity contribution in [3.8, 4) is 6.07 Å². The van der Waals surface area contributed by atoms with Crippen LogP contribution < -0.4 is 5.32 Å². The number of esters is 1. The molecule has 1 amide bonds. The van der Waals surface area contributed by atoms with Crippen molar-refractivity contribution in [2.24, 2.45) is 0 Å². The summed E-state index contributed by atoms with van der Waals surface area (Å²) in [5, 5.41) is 20.0. The van der Waals surface area contributed by atoms with Gasteiger partial charge in [-0.15, -0.1) is 10.2 Å². The molecule has 150 valence electrons. The molecule has 0 bridgehead atoms. The normalized spacial score (nSPS) is 17.5. The second-order valence-corrected chi connectivity index (χ2v) is 9.08. The van der Waals surface area contributed by atoms with Gasteiger partial charge in [0.1, 0.15) is 0 Å². The van der Waals surface area contributed by atoms with E-state index in [0.717, 1.165) is 11.1 Å². The molecular weight excluding hydrogens is 420 g/mol. The Kier molecular flexibility index (Phi) is 5.53. The van der Waals surface area contributed by atoms with Crippen molar-refractivity contribution in [2.45, 2.75) is 29.0 Å². The number of rotatable bonds is 5. The predicted octanol–water partition coefficient (Wildman–Crippen LogP) is 3.81. The maximum Gasteiger partial charge on any atom is 0.339 e. The Labute approximate surface area is 181 Å². The smallest absolute Gasteiger partial charge is 0.339 e. The summed E-state index contributed by atoms with van der Waals surface area (Å²) in [6.07, 6.45) is 0.292. The lowest BCUT2D eigenvalue weighted by atomic mass is 9.89. The lowest BCUT2D eigenvalue weighted by Crippen LogP contribution is -2.48. The van der Waals surface area contributed by atoms with Gasteiger partial charge in [-0.1, -0.05) is 53.4 Å². The highest BCUT2D eigenvalue weighted by molar-refractivity contribution is 8.00. The van der Waals surface area contributed by atoms with Crippen molar-refractivity contribution < 1.29 is 14.3 Å². The molecular formula is C21H16N4O3S2. The van der Waals surface area contributed by atoms with Crippen LogP contribution >= 0.6 is 23.1 Å². The van der Waals surface area contributed by atoms with Crippen LogP contribution in [0.4, 0.5) is 5.13 Å². The van der Waals surface area contributed by atoms with Crippen LogP contribution in [0.15, 0.2) is 52.9 Å². The van der Waals surface area contributed by atoms with Crippen LogP contribution in [0.1, 0.15) is 34.0 Å². The topological polar surface area (TPSA) is 105 Å². The summed E-state index contributed by atoms with van der Waals surface area (Å²) in [6.45, 7) is 1.60. The number of nitrogens with one attached hydrogen (secondary N) is 1. The summed E-state index contributed by atoms with van der Waals surface area (Å²) in [7, 11) is 0. The Hall–Kier alpha value is -3.22. The summed E-state index contributed by atoms with van der Waals surface area (Å²) >= 11 is 2.74. The quantitative estimate of drug-likeness (QED) is 0.368. The molecule has 0 radical (unpaired) electrons. The second kappa shape index (κ2) is 8.26. The molecule has 1 aromatic heterocycles. The average molecular weight is 437 g/mol. The lowest BCUT2D eigenvalue weighted by molar-refractivity contribution is -0.134. The number of anilines is 1. The van der Waals surface area contributed by atoms with E-state index in [1.165, 1.54) is 23.1 Å². The fraction of sp³-hybridized carbons (Fsp3) is 0.190. The molecule has 0 saturated heterocycles. The van der Waals surface area contributed by atoms with E-state index in [1.807, 2.05) is 24.3 Å². The number of carbonyl (C=O) groups is 2. The number of hydrogen-bond donors (Lipinski definition) is 1. The number of cyclic esters (lactones) is 1. The molecule has 1 unspecified atom stereocenters. The summed E-state index contributed by atoms with van der Waals surface area (Å²) in [5.74, 6) is -0.281. The highest BCUT2D eigenvalue weighted by atomic mass is 32.2. The first-order chi connectivity index (χ1) is 14.5. The van der Waals surface area contributed by atoms with E-state index in [1.54, 1.807) is 31.2 Å². The third-order valence-electron chi connectivity index (χ3n) is 4.64. The number of carbonyl (C=O) groups excluding carboxylic acids is 2. The van der Waals surface area contributed by atoms with Gasteiger partial charge in [0, 0.05) is 12.2 Å². The number of amides is 1. The monoisotopic (exact) mass is 436 g/mol. The van der Waals surface area contributed by atoms with Crippen LogP contribution in [0.25, 0.3) is 0 Å². The Morgan fingerprint density at radius 3 is 2.80 bits per heavy atom. The minimum atomic E-state index is -1.31. The maximum atomic E-state index is 12.8. The number of benzene rings is 2. The van der Waals surface area contributed by atoms with Crippen molar-refractivity contribution in [1.82, 2.24) is 10.2 Å². The van der Waals surface area contributed by atoms with Crippen LogP contribution in [0.5, 0.6) is 0 Å². The van der Waals surface area contributed by atoms with Crippen molar-refractivity contribution in [3.05, 3.63) is 70.8 Å². The molecule has 0 aliphatic carbocycles. The zero-order valence-corrected chi connectivity index (χ0v) is 17.5. The molecule has 1 aliphatic heterocycles. The Morgan fingerprint density at radius 2 is 2.03 bits per heavy atom. The van der Waals surface area contributed by atoms with E-state index in [0.29, 0.717) is 32.8 Å². The lowest BCUT2D eigenvalue weighted by Gasteiger charge is -2.32. The van der Waals surface area contributed by atoms with Crippen molar-refractivity contribution >= 4 is 40.1 Å². The number of ether oxygens (including phenoxy) is 1. The van der Waals surface area contributed by atoms with E-state index in [2.05, 4.69) is 21.6 Å². The van der Waals surface area contributed by atoms with E-state index < -0.39 is 17.5 Å². The molecule has 2 heterocycles. The van der Waals surface area contributed by atoms with E-state index in [4.69, 9.17) is 10.00 Å². The number of fused-ring (bicyclic) bond motifs is 1. The van der Waals surface area contributed by atoms with Crippen LogP contribution in [-0.2, 0) is 21.7 Å². The average Bonchev–Trinajstić information content (AvgIpc) is 3.20. The van der Waals surface area contributed by atoms with E-state index in [9.17, 15) is 9.59 Å². The number of nitrogens with zero attached hydrogens (tertiary/aromatic N) is 3. The highest BCUT2D eigenvalue weighted by Crippen LogP contribution is 2.32. The molecule has 9 heteroatoms. The predicted molar refractivity (Wildman–Crippen MR) is 113 cm³/mol. The van der Waals surface area contributed by atoms with Crippen LogP contribution in [-0.4, -0.2) is 27.7 Å². The first-order valence-electron chi connectivity index (χ1n) is 9.05. The molecule has 0 saturated carbocycles. The number of nitriles is 1. The molecule has 4 rings (SSSR count). The van der Waals surface area contributed by atoms with Gasteiger partial charge in [-0.05, 0) is 36.2 Å². The summed E-state index contributed by atoms with van der Waals surface area (Å²) in [6, 6.07) is 16.5. The van der Waals surface area contributed by atoms with Gasteiger partial charge in [0.25, 0.3) is 5.91 Å². The van der Waals surface area contributed by atoms with Gasteiger partial charge in [-0.25, -0.2) is 4.79 Å². The number of hydrogen-bond acceptors (Lipinski definition) is 8. The molecule has 1 aliphatic rings. The van der Waals surface area contributed by atoms with Gasteiger partial charge in [-0.3, -0.25) is 10.1 Å². The Morgan fingerprint density at radius 1 is 1.27 bits per heavy atom. The molecule has 0 spiro atoms. The molecule has 0 fully saturated rings. The van der Waals surface area contributed by atoms with Gasteiger partial charge in [0.15, 0.2) is 9.94 Å². The Balaban J connectivity index is 1.39. The minimum Gasteiger partial charge on any atom is -0.445 e. The third kappa shape index (κ3) is 4.20. The van der Waals surface area contributed by atoms with Crippen molar-refractivity contribution in [2.75, 3.05) is 5.32 Å². The second-order valence-electron chi connectivity index (χ2n) is 6.88. The van der Waals surface area contributed by atoms with Gasteiger partial charge < -0.3 is 4.74 Å². The Bertz CT molecular complexity index is 1150. The SMILES string of the molecule is CC1(C(=O)Nc2nnc(SCc3ccc(C#N)cc3)s2)Cc2ccccc2C(=O)O1. The summed E-state index contributed by atoms with van der Waals surface area (Å²) < 4.78 is 6.14. The highest BCUT2D eigenvalue weighted by Gasteiger charge is 2.43. The molecule has 3 aromatic rings. The molecule has 1 N–H and O–H groups in total. The van der Waals surface area contributed by atoms with Crippen LogP contribution in [0, 0.1) is 11.3 Å². The fourth-order valence-corrected chi connectivity index (χ4v) is 4.73. The largest absolute Gasteiger partial charge is 0.445 e. The third-order valence-corrected chi connectivity index (χ3v) is 6.68. The standard InChI is InChI=1S/C21H16N4O3S2/c1-21(10-15-4-2-3-5-16(15)17(26)28-21)18(27)23-19-24-25-20(30-19)29-12-14-8-6-13(11-22)7-9-14/h2-9H,10,12H2,1H3,(H,23,24,27). The molecule has 1 atom stereocenters. The van der Waals surface area contributed by atoms with Crippen LogP contribution in [0.2, 0.25) is 0 Å². The summed E-state index contributed by atoms with van der Waals surface area (Å²) in [4.78, 5) is 25.1. The molecule has 2 aromatic carbocycles. The number of thioether (sulfide) groups is 1. The summed E-state index contributed by atoms with van der Waals surface area (Å²) in [5.41, 5.74) is 1.62. The van der Waals surface area contributed by atoms with E-state index >= 15 is 0 Å². The van der Waals surface area contributed by atoms with E-state index in [-0.39, 0.29) is 0 Å². The molecule has 30 heavy (non-hydrogen) atoms. The van der Waals surface area contributed by atoms with Gasteiger partial charge in [-0.2, -0.15) is 5.26 Å². The first kappa shape index (κ1) is 20.1. The fourth-order valence-electron chi connectivity index (χ4n) is 3.03. The molecule has 7 nitrogen and oxygen atoms in total. The van der Waals surface area contributed by atoms with Gasteiger partial charge >= 0.3 is 5.97 Å². The first-order valence-corrected chi connectivity index (χ1v) is 10.8. The zero-order chi connectivity index (χ0) is 21.1. The maximum absolute atomic E-state index is 12.8. The van der Waals surface area contributed by atoms with Crippen LogP contribution in [0.3, 0.4) is 0 Å². The number of aromatic nitrogens is 2. The van der Waals surface area contributed by atoms with Gasteiger partial charge in [0.2, 0.25) is 5.13 Å². The van der Waals surface area contributed by atoms with Crippen molar-refractivity contribution in [1.29, 1.82) is 5.26 Å².